The van der Waals surface area contributed by atoms with Gasteiger partial charge in [0.15, 0.2) is 0 Å². The summed E-state index contributed by atoms with van der Waals surface area (Å²) in [6.45, 7) is 4.85. The van der Waals surface area contributed by atoms with Gasteiger partial charge in [-0.25, -0.2) is 0 Å². The number of benzene rings is 2. The SMILES string of the molecule is C=CCN(Cc1ccccc1)C(=O)C=Cc1ccccc1. The highest BCUT2D eigenvalue weighted by Crippen LogP contribution is 2.07. The standard InChI is InChI=1S/C19H19NO/c1-2-15-20(16-18-11-7-4-8-12-18)19(21)14-13-17-9-5-3-6-10-17/h2-14H,1,15-16H2. The van der Waals surface area contributed by atoms with Crippen LogP contribution in [0.3, 0.4) is 0 Å². The zero-order valence-corrected chi connectivity index (χ0v) is 12.0. The summed E-state index contributed by atoms with van der Waals surface area (Å²) in [5.41, 5.74) is 2.13. The van der Waals surface area contributed by atoms with Gasteiger partial charge in [-0.2, -0.15) is 0 Å². The molecule has 2 aromatic carbocycles. The number of hydrogen-bond donors (Lipinski definition) is 0. The Morgan fingerprint density at radius 1 is 1.00 bits per heavy atom. The Bertz CT molecular complexity index is 602. The molecule has 0 aliphatic carbocycles. The molecule has 2 rings (SSSR count). The Kier molecular flexibility index (Phi) is 5.53. The van der Waals surface area contributed by atoms with E-state index in [1.807, 2.05) is 66.7 Å². The minimum Gasteiger partial charge on any atom is -0.331 e. The Morgan fingerprint density at radius 2 is 1.62 bits per heavy atom. The van der Waals surface area contributed by atoms with E-state index in [9.17, 15) is 4.79 Å². The first-order valence-corrected chi connectivity index (χ1v) is 6.96. The largest absolute Gasteiger partial charge is 0.331 e. The lowest BCUT2D eigenvalue weighted by atomic mass is 10.2. The van der Waals surface area contributed by atoms with Crippen molar-refractivity contribution in [2.45, 2.75) is 6.54 Å². The second-order valence-corrected chi connectivity index (χ2v) is 4.74. The van der Waals surface area contributed by atoms with Gasteiger partial charge in [-0.3, -0.25) is 4.79 Å². The highest BCUT2D eigenvalue weighted by molar-refractivity contribution is 5.91. The molecule has 0 aromatic heterocycles. The third kappa shape index (κ3) is 4.77. The van der Waals surface area contributed by atoms with E-state index in [0.717, 1.165) is 11.1 Å². The molecule has 21 heavy (non-hydrogen) atoms. The average Bonchev–Trinajstić information content (AvgIpc) is 2.54. The minimum absolute atomic E-state index is 0.0115. The van der Waals surface area contributed by atoms with E-state index < -0.39 is 0 Å². The number of carbonyl (C=O) groups is 1. The summed E-state index contributed by atoms with van der Waals surface area (Å²) in [4.78, 5) is 14.1. The molecule has 2 aromatic rings. The van der Waals surface area contributed by atoms with Crippen LogP contribution >= 0.6 is 0 Å². The number of carbonyl (C=O) groups excluding carboxylic acids is 1. The maximum absolute atomic E-state index is 12.3. The van der Waals surface area contributed by atoms with Crippen molar-refractivity contribution < 1.29 is 4.79 Å². The molecule has 0 N–H and O–H groups in total. The fourth-order valence-corrected chi connectivity index (χ4v) is 2.03. The predicted octanol–water partition coefficient (Wildman–Crippen LogP) is 3.91. The lowest BCUT2D eigenvalue weighted by Crippen LogP contribution is -2.29. The van der Waals surface area contributed by atoms with Crippen molar-refractivity contribution in [3.05, 3.63) is 90.5 Å². The topological polar surface area (TPSA) is 20.3 Å². The van der Waals surface area contributed by atoms with Crippen molar-refractivity contribution in [3.8, 4) is 0 Å². The molecule has 0 atom stereocenters. The van der Waals surface area contributed by atoms with Crippen molar-refractivity contribution >= 4 is 12.0 Å². The van der Waals surface area contributed by atoms with Crippen molar-refractivity contribution in [2.75, 3.05) is 6.54 Å². The first-order chi connectivity index (χ1) is 10.3. The molecule has 0 bridgehead atoms. The van der Waals surface area contributed by atoms with Crippen molar-refractivity contribution in [3.63, 3.8) is 0 Å². The number of hydrogen-bond acceptors (Lipinski definition) is 1. The van der Waals surface area contributed by atoms with Crippen LogP contribution in [0.5, 0.6) is 0 Å². The first-order valence-electron chi connectivity index (χ1n) is 6.96. The summed E-state index contributed by atoms with van der Waals surface area (Å²) in [5.74, 6) is -0.0115. The number of rotatable bonds is 6. The van der Waals surface area contributed by atoms with Crippen LogP contribution in [0.1, 0.15) is 11.1 Å². The zero-order chi connectivity index (χ0) is 14.9. The van der Waals surface area contributed by atoms with Crippen LogP contribution in [0, 0.1) is 0 Å². The maximum Gasteiger partial charge on any atom is 0.247 e. The van der Waals surface area contributed by atoms with Gasteiger partial charge in [0.1, 0.15) is 0 Å². The minimum atomic E-state index is -0.0115. The molecule has 2 heteroatoms. The molecule has 0 fully saturated rings. The second-order valence-electron chi connectivity index (χ2n) is 4.74. The van der Waals surface area contributed by atoms with Crippen LogP contribution in [0.15, 0.2) is 79.4 Å². The molecule has 0 aliphatic heterocycles. The Morgan fingerprint density at radius 3 is 2.24 bits per heavy atom. The fraction of sp³-hybridized carbons (Fsp3) is 0.105. The average molecular weight is 277 g/mol. The molecular formula is C19H19NO. The van der Waals surface area contributed by atoms with Crippen LogP contribution < -0.4 is 0 Å². The quantitative estimate of drug-likeness (QED) is 0.579. The summed E-state index contributed by atoms with van der Waals surface area (Å²) < 4.78 is 0. The van der Waals surface area contributed by atoms with E-state index in [1.54, 1.807) is 17.1 Å². The van der Waals surface area contributed by atoms with Crippen LogP contribution in [-0.2, 0) is 11.3 Å². The smallest absolute Gasteiger partial charge is 0.247 e. The van der Waals surface area contributed by atoms with E-state index in [1.165, 1.54) is 0 Å². The first kappa shape index (κ1) is 14.8. The van der Waals surface area contributed by atoms with Gasteiger partial charge >= 0.3 is 0 Å². The Hall–Kier alpha value is -2.61. The molecule has 0 heterocycles. The molecule has 0 radical (unpaired) electrons. The van der Waals surface area contributed by atoms with Gasteiger partial charge in [-0.05, 0) is 17.2 Å². The molecular weight excluding hydrogens is 258 g/mol. The van der Waals surface area contributed by atoms with Crippen LogP contribution in [0.25, 0.3) is 6.08 Å². The van der Waals surface area contributed by atoms with Crippen molar-refractivity contribution in [1.29, 1.82) is 0 Å². The van der Waals surface area contributed by atoms with Gasteiger partial charge in [0.25, 0.3) is 0 Å². The highest BCUT2D eigenvalue weighted by Gasteiger charge is 2.09. The molecule has 0 aliphatic rings. The van der Waals surface area contributed by atoms with Crippen LogP contribution in [0.4, 0.5) is 0 Å². The summed E-state index contributed by atoms with van der Waals surface area (Å²) in [6, 6.07) is 19.8. The van der Waals surface area contributed by atoms with Crippen molar-refractivity contribution in [2.24, 2.45) is 0 Å². The molecule has 2 nitrogen and oxygen atoms in total. The zero-order valence-electron chi connectivity index (χ0n) is 12.0. The Labute approximate surface area is 126 Å². The second kappa shape index (κ2) is 7.85. The van der Waals surface area contributed by atoms with Gasteiger partial charge < -0.3 is 4.90 Å². The summed E-state index contributed by atoms with van der Waals surface area (Å²) in [5, 5.41) is 0. The highest BCUT2D eigenvalue weighted by atomic mass is 16.2. The van der Waals surface area contributed by atoms with Gasteiger partial charge in [0.05, 0.1) is 0 Å². The van der Waals surface area contributed by atoms with Gasteiger partial charge in [-0.1, -0.05) is 66.7 Å². The van der Waals surface area contributed by atoms with E-state index in [2.05, 4.69) is 6.58 Å². The predicted molar refractivity (Wildman–Crippen MR) is 87.5 cm³/mol. The number of amides is 1. The monoisotopic (exact) mass is 277 g/mol. The molecule has 0 saturated heterocycles. The van der Waals surface area contributed by atoms with E-state index in [0.29, 0.717) is 13.1 Å². The lowest BCUT2D eigenvalue weighted by molar-refractivity contribution is -0.126. The maximum atomic E-state index is 12.3. The molecule has 0 unspecified atom stereocenters. The molecule has 0 saturated carbocycles. The van der Waals surface area contributed by atoms with E-state index in [4.69, 9.17) is 0 Å². The van der Waals surface area contributed by atoms with E-state index in [-0.39, 0.29) is 5.91 Å². The lowest BCUT2D eigenvalue weighted by Gasteiger charge is -2.19. The Balaban J connectivity index is 2.05. The normalized spacial score (nSPS) is 10.5. The number of nitrogens with zero attached hydrogens (tertiary/aromatic N) is 1. The summed E-state index contributed by atoms with van der Waals surface area (Å²) in [6.07, 6.45) is 5.20. The van der Waals surface area contributed by atoms with Gasteiger partial charge in [0.2, 0.25) is 5.91 Å². The summed E-state index contributed by atoms with van der Waals surface area (Å²) in [7, 11) is 0. The molecule has 0 spiro atoms. The van der Waals surface area contributed by atoms with Crippen LogP contribution in [0.2, 0.25) is 0 Å². The molecule has 106 valence electrons. The van der Waals surface area contributed by atoms with E-state index >= 15 is 0 Å². The van der Waals surface area contributed by atoms with Gasteiger partial charge in [-0.15, -0.1) is 6.58 Å². The van der Waals surface area contributed by atoms with Crippen LogP contribution in [-0.4, -0.2) is 17.4 Å². The third-order valence-electron chi connectivity index (χ3n) is 3.10. The summed E-state index contributed by atoms with van der Waals surface area (Å²) >= 11 is 0. The molecule has 1 amide bonds. The van der Waals surface area contributed by atoms with Crippen molar-refractivity contribution in [1.82, 2.24) is 4.90 Å². The third-order valence-corrected chi connectivity index (χ3v) is 3.10. The fourth-order valence-electron chi connectivity index (χ4n) is 2.03. The van der Waals surface area contributed by atoms with Gasteiger partial charge in [0, 0.05) is 19.2 Å².